The van der Waals surface area contributed by atoms with Gasteiger partial charge in [-0.3, -0.25) is 4.68 Å². The molecular weight excluding hydrogens is 299 g/mol. The van der Waals surface area contributed by atoms with E-state index in [1.807, 2.05) is 6.92 Å². The van der Waals surface area contributed by atoms with Crippen molar-refractivity contribution in [1.29, 1.82) is 0 Å². The average Bonchev–Trinajstić information content (AvgIpc) is 2.62. The lowest BCUT2D eigenvalue weighted by Gasteiger charge is -2.11. The summed E-state index contributed by atoms with van der Waals surface area (Å²) in [4.78, 5) is 0. The van der Waals surface area contributed by atoms with E-state index in [4.69, 9.17) is 27.9 Å². The summed E-state index contributed by atoms with van der Waals surface area (Å²) in [5, 5.41) is 14.7. The van der Waals surface area contributed by atoms with Crippen molar-refractivity contribution < 1.29 is 9.84 Å². The first kappa shape index (κ1) is 15.2. The lowest BCUT2D eigenvalue weighted by atomic mass is 10.1. The van der Waals surface area contributed by atoms with Crippen LogP contribution >= 0.6 is 23.2 Å². The van der Waals surface area contributed by atoms with Crippen LogP contribution in [0.5, 0.6) is 5.75 Å². The van der Waals surface area contributed by atoms with E-state index in [0.717, 1.165) is 16.8 Å². The van der Waals surface area contributed by atoms with Gasteiger partial charge in [-0.25, -0.2) is 0 Å². The fourth-order valence-corrected chi connectivity index (χ4v) is 2.35. The van der Waals surface area contributed by atoms with Gasteiger partial charge in [0.05, 0.1) is 16.8 Å². The minimum absolute atomic E-state index is 0.298. The van der Waals surface area contributed by atoms with E-state index < -0.39 is 6.10 Å². The van der Waals surface area contributed by atoms with Crippen molar-refractivity contribution in [2.45, 2.75) is 26.6 Å². The van der Waals surface area contributed by atoms with E-state index >= 15 is 0 Å². The molecule has 1 N–H and O–H groups in total. The number of nitrogens with zero attached hydrogens (tertiary/aromatic N) is 2. The first-order chi connectivity index (χ1) is 9.40. The molecule has 0 fully saturated rings. The van der Waals surface area contributed by atoms with Gasteiger partial charge in [0.2, 0.25) is 0 Å². The molecule has 0 radical (unpaired) electrons. The highest BCUT2D eigenvalue weighted by Gasteiger charge is 2.13. The fraction of sp³-hybridized carbons (Fsp3) is 0.357. The Hall–Kier alpha value is -1.23. The van der Waals surface area contributed by atoms with E-state index in [-0.39, 0.29) is 0 Å². The average molecular weight is 315 g/mol. The van der Waals surface area contributed by atoms with Crippen molar-refractivity contribution in [2.75, 3.05) is 0 Å². The summed E-state index contributed by atoms with van der Waals surface area (Å²) in [5.41, 5.74) is 2.41. The molecule has 6 heteroatoms. The maximum Gasteiger partial charge on any atom is 0.138 e. The van der Waals surface area contributed by atoms with Crippen LogP contribution in [0.2, 0.25) is 10.2 Å². The van der Waals surface area contributed by atoms with Crippen LogP contribution < -0.4 is 4.74 Å². The highest BCUT2D eigenvalue weighted by Crippen LogP contribution is 2.29. The number of rotatable bonds is 4. The van der Waals surface area contributed by atoms with Crippen molar-refractivity contribution in [3.05, 3.63) is 45.2 Å². The standard InChI is InChI=1S/C14H16Cl2N2O2/c1-8-11(14(16)18(3)17-8)7-20-13-5-4-10(9(2)19)6-12(13)15/h4-6,9,19H,7H2,1-3H3. The van der Waals surface area contributed by atoms with E-state index in [1.165, 1.54) is 0 Å². The van der Waals surface area contributed by atoms with Crippen LogP contribution in [0.25, 0.3) is 0 Å². The maximum absolute atomic E-state index is 9.49. The Kier molecular flexibility index (Phi) is 4.58. The molecule has 0 aliphatic carbocycles. The molecule has 0 saturated heterocycles. The molecule has 0 amide bonds. The number of hydrogen-bond donors (Lipinski definition) is 1. The number of hydrogen-bond acceptors (Lipinski definition) is 3. The number of aliphatic hydroxyl groups is 1. The van der Waals surface area contributed by atoms with E-state index in [9.17, 15) is 5.11 Å². The van der Waals surface area contributed by atoms with Crippen LogP contribution in [0.1, 0.15) is 29.8 Å². The fourth-order valence-electron chi connectivity index (χ4n) is 1.88. The van der Waals surface area contributed by atoms with Crippen LogP contribution in [0.15, 0.2) is 18.2 Å². The SMILES string of the molecule is Cc1nn(C)c(Cl)c1COc1ccc(C(C)O)cc1Cl. The summed E-state index contributed by atoms with van der Waals surface area (Å²) in [6, 6.07) is 5.22. The third kappa shape index (κ3) is 3.08. The van der Waals surface area contributed by atoms with Gasteiger partial charge >= 0.3 is 0 Å². The minimum Gasteiger partial charge on any atom is -0.487 e. The minimum atomic E-state index is -0.559. The first-order valence-electron chi connectivity index (χ1n) is 6.18. The van der Waals surface area contributed by atoms with Crippen LogP contribution in [-0.4, -0.2) is 14.9 Å². The van der Waals surface area contributed by atoms with Gasteiger partial charge in [0, 0.05) is 12.6 Å². The summed E-state index contributed by atoms with van der Waals surface area (Å²) in [7, 11) is 1.78. The van der Waals surface area contributed by atoms with Crippen molar-refractivity contribution in [2.24, 2.45) is 7.05 Å². The molecule has 0 bridgehead atoms. The quantitative estimate of drug-likeness (QED) is 0.936. The van der Waals surface area contributed by atoms with Gasteiger partial charge in [0.15, 0.2) is 0 Å². The van der Waals surface area contributed by atoms with Crippen molar-refractivity contribution >= 4 is 23.2 Å². The molecule has 1 aromatic heterocycles. The smallest absolute Gasteiger partial charge is 0.138 e. The lowest BCUT2D eigenvalue weighted by Crippen LogP contribution is -1.99. The highest BCUT2D eigenvalue weighted by molar-refractivity contribution is 6.32. The summed E-state index contributed by atoms with van der Waals surface area (Å²) in [6.07, 6.45) is -0.559. The van der Waals surface area contributed by atoms with Gasteiger partial charge < -0.3 is 9.84 Å². The molecule has 1 heterocycles. The molecule has 0 aliphatic heterocycles. The Labute approximate surface area is 127 Å². The van der Waals surface area contributed by atoms with Gasteiger partial charge in [-0.05, 0) is 31.5 Å². The van der Waals surface area contributed by atoms with E-state index in [1.54, 1.807) is 36.9 Å². The number of benzene rings is 1. The molecule has 0 spiro atoms. The number of aryl methyl sites for hydroxylation is 2. The second-order valence-electron chi connectivity index (χ2n) is 4.63. The van der Waals surface area contributed by atoms with Gasteiger partial charge in [-0.2, -0.15) is 5.10 Å². The summed E-state index contributed by atoms with van der Waals surface area (Å²) in [6.45, 7) is 3.86. The van der Waals surface area contributed by atoms with Crippen LogP contribution in [0.4, 0.5) is 0 Å². The molecule has 0 aliphatic rings. The van der Waals surface area contributed by atoms with Crippen molar-refractivity contribution in [3.63, 3.8) is 0 Å². The van der Waals surface area contributed by atoms with Crippen LogP contribution in [0, 0.1) is 6.92 Å². The van der Waals surface area contributed by atoms with Gasteiger partial charge in [0.25, 0.3) is 0 Å². The molecule has 20 heavy (non-hydrogen) atoms. The van der Waals surface area contributed by atoms with Crippen LogP contribution in [-0.2, 0) is 13.7 Å². The number of halogens is 2. The Morgan fingerprint density at radius 3 is 2.60 bits per heavy atom. The number of ether oxygens (including phenoxy) is 1. The summed E-state index contributed by atoms with van der Waals surface area (Å²) < 4.78 is 7.29. The Morgan fingerprint density at radius 2 is 2.10 bits per heavy atom. The zero-order valence-corrected chi connectivity index (χ0v) is 13.0. The Morgan fingerprint density at radius 1 is 1.40 bits per heavy atom. The highest BCUT2D eigenvalue weighted by atomic mass is 35.5. The molecule has 2 aromatic rings. The zero-order chi connectivity index (χ0) is 14.9. The third-order valence-electron chi connectivity index (χ3n) is 3.08. The van der Waals surface area contributed by atoms with E-state index in [0.29, 0.717) is 22.5 Å². The molecule has 1 aromatic carbocycles. The van der Waals surface area contributed by atoms with Gasteiger partial charge in [-0.1, -0.05) is 29.3 Å². The second-order valence-corrected chi connectivity index (χ2v) is 5.40. The lowest BCUT2D eigenvalue weighted by molar-refractivity contribution is 0.199. The predicted octanol–water partition coefficient (Wildman–Crippen LogP) is 3.67. The first-order valence-corrected chi connectivity index (χ1v) is 6.94. The third-order valence-corrected chi connectivity index (χ3v) is 3.85. The predicted molar refractivity (Wildman–Crippen MR) is 79.4 cm³/mol. The second kappa shape index (κ2) is 6.04. The molecule has 1 unspecified atom stereocenters. The summed E-state index contributed by atoms with van der Waals surface area (Å²) in [5.74, 6) is 0.551. The molecule has 4 nitrogen and oxygen atoms in total. The molecule has 2 rings (SSSR count). The topological polar surface area (TPSA) is 47.3 Å². The van der Waals surface area contributed by atoms with Gasteiger partial charge in [0.1, 0.15) is 17.5 Å². The molecule has 108 valence electrons. The molecule has 0 saturated carbocycles. The Bertz CT molecular complexity index is 624. The monoisotopic (exact) mass is 314 g/mol. The van der Waals surface area contributed by atoms with Crippen molar-refractivity contribution in [1.82, 2.24) is 9.78 Å². The largest absolute Gasteiger partial charge is 0.487 e. The van der Waals surface area contributed by atoms with Gasteiger partial charge in [-0.15, -0.1) is 0 Å². The number of aliphatic hydroxyl groups excluding tert-OH is 1. The summed E-state index contributed by atoms with van der Waals surface area (Å²) >= 11 is 12.3. The maximum atomic E-state index is 9.49. The van der Waals surface area contributed by atoms with Crippen molar-refractivity contribution in [3.8, 4) is 5.75 Å². The molecular formula is C14H16Cl2N2O2. The van der Waals surface area contributed by atoms with E-state index in [2.05, 4.69) is 5.10 Å². The number of aromatic nitrogens is 2. The zero-order valence-electron chi connectivity index (χ0n) is 11.5. The molecule has 1 atom stereocenters. The van der Waals surface area contributed by atoms with Crippen LogP contribution in [0.3, 0.4) is 0 Å². The Balaban J connectivity index is 2.15. The normalized spacial score (nSPS) is 12.5.